The van der Waals surface area contributed by atoms with Crippen molar-refractivity contribution in [2.45, 2.75) is 42.9 Å². The van der Waals surface area contributed by atoms with Crippen LogP contribution in [0.4, 0.5) is 19.3 Å². The van der Waals surface area contributed by atoms with Crippen LogP contribution in [-0.2, 0) is 14.8 Å². The van der Waals surface area contributed by atoms with Crippen LogP contribution in [-0.4, -0.2) is 61.9 Å². The fourth-order valence-electron chi connectivity index (χ4n) is 3.48. The molecule has 2 heterocycles. The summed E-state index contributed by atoms with van der Waals surface area (Å²) < 4.78 is 53.1. The molecule has 1 aromatic rings. The number of nitrogens with one attached hydrogen (secondary N) is 4. The molecular formula is C17H20F2N6O4S. The number of hydrogen-bond donors (Lipinski definition) is 4. The summed E-state index contributed by atoms with van der Waals surface area (Å²) in [7, 11) is -4.79. The van der Waals surface area contributed by atoms with Crippen molar-refractivity contribution in [3.63, 3.8) is 0 Å². The molecule has 3 rings (SSSR count). The molecule has 3 unspecified atom stereocenters. The van der Waals surface area contributed by atoms with E-state index in [1.807, 2.05) is 6.92 Å². The van der Waals surface area contributed by atoms with Crippen LogP contribution in [0.15, 0.2) is 17.0 Å². The normalized spacial score (nSPS) is 26.2. The number of sulfonamides is 1. The fourth-order valence-corrected chi connectivity index (χ4v) is 4.98. The highest BCUT2D eigenvalue weighted by Crippen LogP contribution is 2.33. The number of benzene rings is 1. The number of urea groups is 1. The maximum Gasteiger partial charge on any atom is 0.336 e. The monoisotopic (exact) mass is 442 g/mol. The highest BCUT2D eigenvalue weighted by Gasteiger charge is 2.41. The molecule has 10 nitrogen and oxygen atoms in total. The number of amides is 3. The number of carbonyl (C=O) groups excluding carboxylic acids is 2. The summed E-state index contributed by atoms with van der Waals surface area (Å²) in [6, 6.07) is 1.09. The van der Waals surface area contributed by atoms with E-state index in [9.17, 15) is 26.8 Å². The fraction of sp³-hybridized carbons (Fsp3) is 0.471. The van der Waals surface area contributed by atoms with Gasteiger partial charge in [0.05, 0.1) is 11.8 Å². The van der Waals surface area contributed by atoms with E-state index < -0.39 is 62.8 Å². The van der Waals surface area contributed by atoms with Crippen LogP contribution in [0.1, 0.15) is 13.8 Å². The van der Waals surface area contributed by atoms with E-state index >= 15 is 0 Å². The molecule has 0 aliphatic carbocycles. The highest BCUT2D eigenvalue weighted by atomic mass is 32.2. The molecular weight excluding hydrogens is 422 g/mol. The first kappa shape index (κ1) is 21.9. The molecule has 1 saturated heterocycles. The van der Waals surface area contributed by atoms with Gasteiger partial charge in [0.1, 0.15) is 17.5 Å². The van der Waals surface area contributed by atoms with Gasteiger partial charge in [0.15, 0.2) is 11.6 Å². The van der Waals surface area contributed by atoms with E-state index in [-0.39, 0.29) is 16.4 Å². The predicted molar refractivity (Wildman–Crippen MR) is 101 cm³/mol. The molecule has 1 fully saturated rings. The predicted octanol–water partition coefficient (Wildman–Crippen LogP) is -0.152. The molecule has 0 saturated carbocycles. The zero-order valence-electron chi connectivity index (χ0n) is 16.1. The van der Waals surface area contributed by atoms with Crippen molar-refractivity contribution in [3.8, 4) is 6.07 Å². The number of halogens is 2. The maximum atomic E-state index is 14.1. The lowest BCUT2D eigenvalue weighted by Crippen LogP contribution is -2.66. The van der Waals surface area contributed by atoms with Crippen LogP contribution < -0.4 is 21.3 Å². The summed E-state index contributed by atoms with van der Waals surface area (Å²) >= 11 is 0. The van der Waals surface area contributed by atoms with Crippen LogP contribution in [0.5, 0.6) is 0 Å². The van der Waals surface area contributed by atoms with E-state index in [2.05, 4.69) is 27.3 Å². The van der Waals surface area contributed by atoms with Gasteiger partial charge in [-0.1, -0.05) is 0 Å². The van der Waals surface area contributed by atoms with E-state index in [1.165, 1.54) is 0 Å². The Kier molecular flexibility index (Phi) is 5.93. The summed E-state index contributed by atoms with van der Waals surface area (Å²) in [5.74, 6) is -3.86. The molecule has 0 radical (unpaired) electrons. The van der Waals surface area contributed by atoms with Gasteiger partial charge in [-0.2, -0.15) is 5.26 Å². The van der Waals surface area contributed by atoms with Crippen molar-refractivity contribution in [3.05, 3.63) is 23.8 Å². The lowest BCUT2D eigenvalue weighted by molar-refractivity contribution is -0.121. The number of rotatable bonds is 4. The first-order chi connectivity index (χ1) is 14.1. The molecule has 0 bridgehead atoms. The second kappa shape index (κ2) is 8.13. The van der Waals surface area contributed by atoms with Gasteiger partial charge < -0.3 is 16.0 Å². The summed E-state index contributed by atoms with van der Waals surface area (Å²) in [5, 5.41) is 20.0. The molecule has 13 heteroatoms. The summed E-state index contributed by atoms with van der Waals surface area (Å²) in [4.78, 5) is 23.6. The minimum atomic E-state index is -4.79. The molecule has 30 heavy (non-hydrogen) atoms. The highest BCUT2D eigenvalue weighted by molar-refractivity contribution is 7.90. The van der Waals surface area contributed by atoms with Gasteiger partial charge in [0, 0.05) is 24.7 Å². The lowest BCUT2D eigenvalue weighted by Gasteiger charge is -2.38. The third kappa shape index (κ3) is 3.93. The molecule has 0 aromatic heterocycles. The van der Waals surface area contributed by atoms with Crippen LogP contribution in [0.3, 0.4) is 0 Å². The Morgan fingerprint density at radius 3 is 2.80 bits per heavy atom. The molecule has 2 aliphatic heterocycles. The SMILES string of the molecule is CC1NCC(C#N)NC1[C@@H](C)NC(=O)CN1C(=O)Nc2ccc(F)c(F)c2S1(=O)=O. The third-order valence-electron chi connectivity index (χ3n) is 5.01. The summed E-state index contributed by atoms with van der Waals surface area (Å²) in [5.41, 5.74) is -0.405. The first-order valence-corrected chi connectivity index (χ1v) is 10.5. The van der Waals surface area contributed by atoms with Crippen molar-refractivity contribution >= 4 is 27.6 Å². The Labute approximate surface area is 171 Å². The Bertz CT molecular complexity index is 1030. The molecule has 162 valence electrons. The maximum absolute atomic E-state index is 14.1. The van der Waals surface area contributed by atoms with Gasteiger partial charge in [0.2, 0.25) is 5.91 Å². The topological polar surface area (TPSA) is 143 Å². The zero-order valence-corrected chi connectivity index (χ0v) is 16.9. The Hall–Kier alpha value is -2.82. The van der Waals surface area contributed by atoms with Crippen molar-refractivity contribution < 1.29 is 26.8 Å². The Balaban J connectivity index is 1.76. The summed E-state index contributed by atoms with van der Waals surface area (Å²) in [6.45, 7) is 3.01. The molecule has 1 aromatic carbocycles. The first-order valence-electron chi connectivity index (χ1n) is 9.06. The quantitative estimate of drug-likeness (QED) is 0.508. The number of piperazine rings is 1. The van der Waals surface area contributed by atoms with Gasteiger partial charge in [-0.3, -0.25) is 10.1 Å². The van der Waals surface area contributed by atoms with E-state index in [0.29, 0.717) is 12.6 Å². The smallest absolute Gasteiger partial charge is 0.336 e. The number of hydrogen-bond acceptors (Lipinski definition) is 7. The van der Waals surface area contributed by atoms with Crippen molar-refractivity contribution in [2.75, 3.05) is 18.4 Å². The molecule has 4 N–H and O–H groups in total. The average Bonchev–Trinajstić information content (AvgIpc) is 2.68. The largest absolute Gasteiger partial charge is 0.350 e. The average molecular weight is 442 g/mol. The lowest BCUT2D eigenvalue weighted by atomic mass is 9.98. The van der Waals surface area contributed by atoms with Crippen molar-refractivity contribution in [2.24, 2.45) is 0 Å². The van der Waals surface area contributed by atoms with Crippen LogP contribution in [0.2, 0.25) is 0 Å². The Morgan fingerprint density at radius 1 is 1.43 bits per heavy atom. The Morgan fingerprint density at radius 2 is 2.13 bits per heavy atom. The standard InChI is InChI=1S/C17H20F2N6O4S/c1-8-15(23-10(5-20)6-21-8)9(2)22-13(26)7-25-17(27)24-12-4-3-11(18)14(19)16(12)30(25,28)29/h3-4,8-10,15,21,23H,6-7H2,1-2H3,(H,22,26)(H,24,27)/t8?,9-,10?,15?/m1/s1. The second-order valence-electron chi connectivity index (χ2n) is 7.11. The number of fused-ring (bicyclic) bond motifs is 1. The number of nitriles is 1. The molecule has 4 atom stereocenters. The van der Waals surface area contributed by atoms with Gasteiger partial charge in [0.25, 0.3) is 10.0 Å². The molecule has 0 spiro atoms. The van der Waals surface area contributed by atoms with Gasteiger partial charge >= 0.3 is 6.03 Å². The van der Waals surface area contributed by atoms with Gasteiger partial charge in [-0.25, -0.2) is 26.3 Å². The minimum Gasteiger partial charge on any atom is -0.350 e. The minimum absolute atomic E-state index is 0.101. The summed E-state index contributed by atoms with van der Waals surface area (Å²) in [6.07, 6.45) is 0. The molecule has 3 amide bonds. The van der Waals surface area contributed by atoms with E-state index in [4.69, 9.17) is 5.26 Å². The van der Waals surface area contributed by atoms with Crippen LogP contribution in [0.25, 0.3) is 0 Å². The number of anilines is 1. The van der Waals surface area contributed by atoms with Crippen LogP contribution in [0, 0.1) is 23.0 Å². The molecule has 2 aliphatic rings. The van der Waals surface area contributed by atoms with Crippen molar-refractivity contribution in [1.29, 1.82) is 5.26 Å². The van der Waals surface area contributed by atoms with Gasteiger partial charge in [-0.15, -0.1) is 0 Å². The zero-order chi connectivity index (χ0) is 22.2. The third-order valence-corrected chi connectivity index (χ3v) is 6.80. The second-order valence-corrected chi connectivity index (χ2v) is 8.91. The van der Waals surface area contributed by atoms with E-state index in [0.717, 1.165) is 6.07 Å². The van der Waals surface area contributed by atoms with Crippen molar-refractivity contribution in [1.82, 2.24) is 20.3 Å². The van der Waals surface area contributed by atoms with Crippen LogP contribution >= 0.6 is 0 Å². The number of carbonyl (C=O) groups is 2. The van der Waals surface area contributed by atoms with Gasteiger partial charge in [-0.05, 0) is 26.0 Å². The van der Waals surface area contributed by atoms with E-state index in [1.54, 1.807) is 6.92 Å². The number of nitrogens with zero attached hydrogens (tertiary/aromatic N) is 2.